The first-order valence-corrected chi connectivity index (χ1v) is 7.49. The molecule has 1 rings (SSSR count). The van der Waals surface area contributed by atoms with Gasteiger partial charge in [-0.05, 0) is 69.8 Å². The largest absolute Gasteiger partial charge is 0.491 e. The fourth-order valence-corrected chi connectivity index (χ4v) is 3.08. The van der Waals surface area contributed by atoms with Crippen molar-refractivity contribution in [3.63, 3.8) is 0 Å². The maximum Gasteiger partial charge on any atom is 0.147 e. The molecule has 4 heteroatoms. The van der Waals surface area contributed by atoms with E-state index in [0.29, 0.717) is 6.61 Å². The summed E-state index contributed by atoms with van der Waals surface area (Å²) in [7, 11) is 0. The van der Waals surface area contributed by atoms with E-state index in [2.05, 4.69) is 50.6 Å². The van der Waals surface area contributed by atoms with Gasteiger partial charge in [0.25, 0.3) is 0 Å². The Morgan fingerprint density at radius 3 is 2.39 bits per heavy atom. The molecule has 0 heterocycles. The number of halogens is 2. The fraction of sp³-hybridized carbons (Fsp3) is 0.429. The van der Waals surface area contributed by atoms with Crippen molar-refractivity contribution in [1.29, 1.82) is 0 Å². The lowest BCUT2D eigenvalue weighted by Gasteiger charge is -2.13. The molecule has 0 saturated heterocycles. The van der Waals surface area contributed by atoms with Crippen molar-refractivity contribution in [1.82, 2.24) is 0 Å². The number of rotatable bonds is 6. The smallest absolute Gasteiger partial charge is 0.147 e. The highest BCUT2D eigenvalue weighted by Gasteiger charge is 2.10. The first-order valence-electron chi connectivity index (χ1n) is 5.91. The molecule has 2 N–H and O–H groups in total. The summed E-state index contributed by atoms with van der Waals surface area (Å²) in [5.41, 5.74) is 8.12. The van der Waals surface area contributed by atoms with E-state index < -0.39 is 0 Å². The number of hydrogen-bond donors (Lipinski definition) is 1. The summed E-state index contributed by atoms with van der Waals surface area (Å²) >= 11 is 7.07. The lowest BCUT2D eigenvalue weighted by Crippen LogP contribution is -2.17. The Bertz CT molecular complexity index is 407. The summed E-state index contributed by atoms with van der Waals surface area (Å²) in [6, 6.07) is 4.27. The molecule has 0 radical (unpaired) electrons. The van der Waals surface area contributed by atoms with Gasteiger partial charge in [-0.25, -0.2) is 0 Å². The van der Waals surface area contributed by atoms with Crippen molar-refractivity contribution in [3.05, 3.63) is 38.8 Å². The lowest BCUT2D eigenvalue weighted by molar-refractivity contribution is 0.317. The van der Waals surface area contributed by atoms with Crippen molar-refractivity contribution >= 4 is 31.9 Å². The van der Waals surface area contributed by atoms with E-state index in [9.17, 15) is 0 Å². The Balaban J connectivity index is 2.77. The normalized spacial score (nSPS) is 12.3. The van der Waals surface area contributed by atoms with Crippen LogP contribution in [0.25, 0.3) is 0 Å². The van der Waals surface area contributed by atoms with E-state index in [1.54, 1.807) is 0 Å². The Labute approximate surface area is 126 Å². The number of ether oxygens (including phenoxy) is 1. The van der Waals surface area contributed by atoms with Gasteiger partial charge in [-0.1, -0.05) is 5.57 Å². The number of benzene rings is 1. The lowest BCUT2D eigenvalue weighted by atomic mass is 10.1. The summed E-state index contributed by atoms with van der Waals surface area (Å²) in [6.45, 7) is 8.50. The maximum atomic E-state index is 5.80. The van der Waals surface area contributed by atoms with Gasteiger partial charge < -0.3 is 10.5 Å². The molecule has 1 aromatic carbocycles. The predicted octanol–water partition coefficient (Wildman–Crippen LogP) is 4.45. The highest BCUT2D eigenvalue weighted by Crippen LogP contribution is 2.35. The summed E-state index contributed by atoms with van der Waals surface area (Å²) in [6.07, 6.45) is 1.71. The molecule has 1 aromatic rings. The van der Waals surface area contributed by atoms with Crippen molar-refractivity contribution in [2.45, 2.75) is 32.7 Å². The Morgan fingerprint density at radius 2 is 1.94 bits per heavy atom. The van der Waals surface area contributed by atoms with Gasteiger partial charge >= 0.3 is 0 Å². The highest BCUT2D eigenvalue weighted by atomic mass is 79.9. The van der Waals surface area contributed by atoms with Gasteiger partial charge in [0.1, 0.15) is 5.75 Å². The van der Waals surface area contributed by atoms with Crippen LogP contribution in [0.5, 0.6) is 5.75 Å². The molecular weight excluding hydrogens is 358 g/mol. The minimum Gasteiger partial charge on any atom is -0.491 e. The van der Waals surface area contributed by atoms with Crippen molar-refractivity contribution in [2.24, 2.45) is 5.73 Å². The van der Waals surface area contributed by atoms with E-state index in [1.807, 2.05) is 13.8 Å². The molecule has 2 nitrogen and oxygen atoms in total. The average Bonchev–Trinajstić information content (AvgIpc) is 2.20. The van der Waals surface area contributed by atoms with E-state index >= 15 is 0 Å². The SMILES string of the molecule is C=C(C)CCOc1c(Br)cc(CC(C)N)cc1Br. The van der Waals surface area contributed by atoms with Gasteiger partial charge in [-0.3, -0.25) is 0 Å². The molecule has 1 unspecified atom stereocenters. The molecule has 0 aliphatic carbocycles. The van der Waals surface area contributed by atoms with Gasteiger partial charge in [-0.15, -0.1) is 6.58 Å². The molecule has 0 bridgehead atoms. The van der Waals surface area contributed by atoms with Gasteiger partial charge in [0.2, 0.25) is 0 Å². The zero-order valence-corrected chi connectivity index (χ0v) is 14.0. The molecule has 0 spiro atoms. The van der Waals surface area contributed by atoms with E-state index in [1.165, 1.54) is 5.56 Å². The standard InChI is InChI=1S/C14H19Br2NO/c1-9(2)4-5-18-14-12(15)7-11(6-10(3)17)8-13(14)16/h7-8,10H,1,4-6,17H2,2-3H3. The number of hydrogen-bond acceptors (Lipinski definition) is 2. The maximum absolute atomic E-state index is 5.80. The van der Waals surface area contributed by atoms with Crippen LogP contribution in [0.1, 0.15) is 25.8 Å². The molecule has 0 amide bonds. The molecular formula is C14H19Br2NO. The molecule has 0 aromatic heterocycles. The summed E-state index contributed by atoms with van der Waals surface area (Å²) in [4.78, 5) is 0. The van der Waals surface area contributed by atoms with Crippen LogP contribution in [0.15, 0.2) is 33.2 Å². The summed E-state index contributed by atoms with van der Waals surface area (Å²) < 4.78 is 7.66. The second-order valence-corrected chi connectivity index (χ2v) is 6.33. The van der Waals surface area contributed by atoms with Crippen LogP contribution in [0.4, 0.5) is 0 Å². The Hall–Kier alpha value is -0.320. The first kappa shape index (κ1) is 15.7. The minimum atomic E-state index is 0.152. The van der Waals surface area contributed by atoms with E-state index in [-0.39, 0.29) is 6.04 Å². The third kappa shape index (κ3) is 5.12. The van der Waals surface area contributed by atoms with E-state index in [0.717, 1.165) is 33.1 Å². The van der Waals surface area contributed by atoms with Gasteiger partial charge in [-0.2, -0.15) is 0 Å². The third-order valence-corrected chi connectivity index (χ3v) is 3.57. The second-order valence-electron chi connectivity index (χ2n) is 4.63. The quantitative estimate of drug-likeness (QED) is 0.744. The summed E-state index contributed by atoms with van der Waals surface area (Å²) in [5.74, 6) is 0.838. The molecule has 0 saturated carbocycles. The van der Waals surface area contributed by atoms with Crippen molar-refractivity contribution in [3.8, 4) is 5.75 Å². The molecule has 0 aliphatic heterocycles. The number of nitrogens with two attached hydrogens (primary N) is 1. The Morgan fingerprint density at radius 1 is 1.39 bits per heavy atom. The summed E-state index contributed by atoms with van der Waals surface area (Å²) in [5, 5.41) is 0. The van der Waals surface area contributed by atoms with Crippen LogP contribution in [0.3, 0.4) is 0 Å². The Kier molecular flexibility index (Phi) is 6.39. The molecule has 0 aliphatic rings. The molecule has 100 valence electrons. The van der Waals surface area contributed by atoms with Crippen LogP contribution in [-0.4, -0.2) is 12.6 Å². The first-order chi connectivity index (χ1) is 8.40. The topological polar surface area (TPSA) is 35.2 Å². The van der Waals surface area contributed by atoms with Crippen LogP contribution < -0.4 is 10.5 Å². The zero-order chi connectivity index (χ0) is 13.7. The monoisotopic (exact) mass is 375 g/mol. The zero-order valence-electron chi connectivity index (χ0n) is 10.8. The van der Waals surface area contributed by atoms with Crippen LogP contribution in [-0.2, 0) is 6.42 Å². The fourth-order valence-electron chi connectivity index (χ4n) is 1.57. The third-order valence-electron chi connectivity index (χ3n) is 2.39. The van der Waals surface area contributed by atoms with Gasteiger partial charge in [0.15, 0.2) is 0 Å². The van der Waals surface area contributed by atoms with Crippen molar-refractivity contribution in [2.75, 3.05) is 6.61 Å². The van der Waals surface area contributed by atoms with Crippen LogP contribution in [0.2, 0.25) is 0 Å². The predicted molar refractivity (Wildman–Crippen MR) is 84.1 cm³/mol. The highest BCUT2D eigenvalue weighted by molar-refractivity contribution is 9.11. The van der Waals surface area contributed by atoms with Gasteiger partial charge in [0, 0.05) is 12.5 Å². The minimum absolute atomic E-state index is 0.152. The molecule has 1 atom stereocenters. The molecule has 18 heavy (non-hydrogen) atoms. The van der Waals surface area contributed by atoms with Crippen LogP contribution in [0, 0.1) is 0 Å². The van der Waals surface area contributed by atoms with Gasteiger partial charge in [0.05, 0.1) is 15.6 Å². The molecule has 0 fully saturated rings. The van der Waals surface area contributed by atoms with E-state index in [4.69, 9.17) is 10.5 Å². The van der Waals surface area contributed by atoms with Crippen LogP contribution >= 0.6 is 31.9 Å². The van der Waals surface area contributed by atoms with Crippen molar-refractivity contribution < 1.29 is 4.74 Å². The average molecular weight is 377 g/mol. The second kappa shape index (κ2) is 7.31.